The van der Waals surface area contributed by atoms with E-state index < -0.39 is 10.0 Å². The SMILES string of the molecule is CN=C(NCCN(C(C)C)C(C)C)NCc1ccc(S(=O)(=O)N(C)C)s1. The van der Waals surface area contributed by atoms with E-state index in [4.69, 9.17) is 0 Å². The second kappa shape index (κ2) is 10.2. The second-order valence-corrected chi connectivity index (χ2v) is 10.3. The van der Waals surface area contributed by atoms with Crippen LogP contribution in [-0.4, -0.2) is 69.9 Å². The van der Waals surface area contributed by atoms with E-state index in [0.29, 0.717) is 28.8 Å². The summed E-state index contributed by atoms with van der Waals surface area (Å²) >= 11 is 1.27. The Morgan fingerprint density at radius 2 is 1.77 bits per heavy atom. The van der Waals surface area contributed by atoms with Gasteiger partial charge in [0.05, 0.1) is 6.54 Å². The molecule has 9 heteroatoms. The van der Waals surface area contributed by atoms with Crippen molar-refractivity contribution in [1.82, 2.24) is 19.8 Å². The molecule has 0 aliphatic heterocycles. The molecule has 0 aromatic carbocycles. The molecule has 2 N–H and O–H groups in total. The number of rotatable bonds is 9. The first-order valence-electron chi connectivity index (χ1n) is 8.81. The summed E-state index contributed by atoms with van der Waals surface area (Å²) in [6.45, 7) is 11.0. The highest BCUT2D eigenvalue weighted by Gasteiger charge is 2.19. The lowest BCUT2D eigenvalue weighted by Crippen LogP contribution is -2.45. The number of thiophene rings is 1. The van der Waals surface area contributed by atoms with Gasteiger partial charge in [-0.2, -0.15) is 0 Å². The average molecular weight is 404 g/mol. The molecule has 1 aromatic heterocycles. The van der Waals surface area contributed by atoms with Gasteiger partial charge in [-0.1, -0.05) is 0 Å². The van der Waals surface area contributed by atoms with Crippen molar-refractivity contribution in [2.75, 3.05) is 34.2 Å². The fraction of sp³-hybridized carbons (Fsp3) is 0.706. The normalized spacial score (nSPS) is 13.3. The summed E-state index contributed by atoms with van der Waals surface area (Å²) in [5.41, 5.74) is 0. The molecule has 1 aromatic rings. The Hall–Kier alpha value is -1.16. The summed E-state index contributed by atoms with van der Waals surface area (Å²) in [6.07, 6.45) is 0. The third-order valence-electron chi connectivity index (χ3n) is 4.01. The van der Waals surface area contributed by atoms with Gasteiger partial charge in [0.1, 0.15) is 4.21 Å². The standard InChI is InChI=1S/C17H33N5O2S2/c1-13(2)22(14(3)4)11-10-19-17(18-5)20-12-15-8-9-16(25-15)26(23,24)21(6)7/h8-9,13-14H,10-12H2,1-7H3,(H2,18,19,20). The first-order chi connectivity index (χ1) is 12.1. The molecule has 0 aliphatic rings. The van der Waals surface area contributed by atoms with Crippen molar-refractivity contribution >= 4 is 27.3 Å². The monoisotopic (exact) mass is 403 g/mol. The predicted octanol–water partition coefficient (Wildman–Crippen LogP) is 1.78. The smallest absolute Gasteiger partial charge is 0.252 e. The van der Waals surface area contributed by atoms with Gasteiger partial charge < -0.3 is 10.6 Å². The lowest BCUT2D eigenvalue weighted by molar-refractivity contribution is 0.178. The Morgan fingerprint density at radius 3 is 2.27 bits per heavy atom. The zero-order chi connectivity index (χ0) is 19.9. The number of nitrogens with zero attached hydrogens (tertiary/aromatic N) is 3. The summed E-state index contributed by atoms with van der Waals surface area (Å²) in [4.78, 5) is 7.59. The van der Waals surface area contributed by atoms with Crippen LogP contribution in [0.15, 0.2) is 21.3 Å². The molecule has 1 heterocycles. The van der Waals surface area contributed by atoms with Gasteiger partial charge in [0, 0.05) is 51.2 Å². The molecule has 0 radical (unpaired) electrons. The number of guanidine groups is 1. The van der Waals surface area contributed by atoms with E-state index >= 15 is 0 Å². The van der Waals surface area contributed by atoms with Crippen LogP contribution in [0, 0.1) is 0 Å². The molecular formula is C17H33N5O2S2. The van der Waals surface area contributed by atoms with Gasteiger partial charge in [-0.25, -0.2) is 12.7 Å². The van der Waals surface area contributed by atoms with Crippen molar-refractivity contribution < 1.29 is 8.42 Å². The molecule has 0 atom stereocenters. The largest absolute Gasteiger partial charge is 0.355 e. The van der Waals surface area contributed by atoms with Gasteiger partial charge in [0.2, 0.25) is 0 Å². The number of sulfonamides is 1. The second-order valence-electron chi connectivity index (χ2n) is 6.79. The van der Waals surface area contributed by atoms with Gasteiger partial charge in [-0.3, -0.25) is 9.89 Å². The van der Waals surface area contributed by atoms with Crippen LogP contribution in [0.5, 0.6) is 0 Å². The van der Waals surface area contributed by atoms with E-state index in [-0.39, 0.29) is 0 Å². The summed E-state index contributed by atoms with van der Waals surface area (Å²) in [5.74, 6) is 0.711. The lowest BCUT2D eigenvalue weighted by Gasteiger charge is -2.30. The fourth-order valence-electron chi connectivity index (χ4n) is 2.58. The van der Waals surface area contributed by atoms with Gasteiger partial charge in [0.15, 0.2) is 5.96 Å². The average Bonchev–Trinajstić information content (AvgIpc) is 3.03. The molecule has 0 bridgehead atoms. The first-order valence-corrected chi connectivity index (χ1v) is 11.1. The maximum atomic E-state index is 12.1. The highest BCUT2D eigenvalue weighted by Crippen LogP contribution is 2.23. The molecule has 0 spiro atoms. The minimum absolute atomic E-state index is 0.353. The third kappa shape index (κ3) is 6.53. The molecule has 0 fully saturated rings. The third-order valence-corrected chi connectivity index (χ3v) is 7.38. The van der Waals surface area contributed by atoms with Crippen molar-refractivity contribution in [3.05, 3.63) is 17.0 Å². The molecule has 0 aliphatic carbocycles. The Morgan fingerprint density at radius 1 is 1.15 bits per heavy atom. The highest BCUT2D eigenvalue weighted by molar-refractivity contribution is 7.91. The zero-order valence-corrected chi connectivity index (χ0v) is 18.5. The Kier molecular flexibility index (Phi) is 9.02. The molecule has 0 saturated carbocycles. The minimum atomic E-state index is -3.37. The van der Waals surface area contributed by atoms with E-state index in [2.05, 4.69) is 48.2 Å². The molecule has 1 rings (SSSR count). The first kappa shape index (κ1) is 22.9. The van der Waals surface area contributed by atoms with Crippen molar-refractivity contribution in [2.24, 2.45) is 4.99 Å². The van der Waals surface area contributed by atoms with Gasteiger partial charge in [0.25, 0.3) is 10.0 Å². The highest BCUT2D eigenvalue weighted by atomic mass is 32.2. The Labute approximate surface area is 162 Å². The van der Waals surface area contributed by atoms with E-state index in [1.54, 1.807) is 13.1 Å². The van der Waals surface area contributed by atoms with Crippen LogP contribution in [0.3, 0.4) is 0 Å². The van der Waals surface area contributed by atoms with Crippen LogP contribution >= 0.6 is 11.3 Å². The maximum absolute atomic E-state index is 12.1. The van der Waals surface area contributed by atoms with Crippen LogP contribution in [0.25, 0.3) is 0 Å². The van der Waals surface area contributed by atoms with Crippen LogP contribution in [-0.2, 0) is 16.6 Å². The number of nitrogens with one attached hydrogen (secondary N) is 2. The summed E-state index contributed by atoms with van der Waals surface area (Å²) in [6, 6.07) is 4.47. The van der Waals surface area contributed by atoms with E-state index in [1.165, 1.54) is 29.7 Å². The Balaban J connectivity index is 2.54. The van der Waals surface area contributed by atoms with E-state index in [0.717, 1.165) is 18.0 Å². The van der Waals surface area contributed by atoms with Gasteiger partial charge in [-0.15, -0.1) is 11.3 Å². The van der Waals surface area contributed by atoms with Crippen molar-refractivity contribution in [3.63, 3.8) is 0 Å². The van der Waals surface area contributed by atoms with Gasteiger partial charge >= 0.3 is 0 Å². The molecule has 26 heavy (non-hydrogen) atoms. The molecule has 0 amide bonds. The minimum Gasteiger partial charge on any atom is -0.355 e. The molecule has 7 nitrogen and oxygen atoms in total. The summed E-state index contributed by atoms with van der Waals surface area (Å²) in [5, 5.41) is 6.54. The quantitative estimate of drug-likeness (QED) is 0.485. The van der Waals surface area contributed by atoms with Crippen LogP contribution in [0.1, 0.15) is 32.6 Å². The molecule has 0 saturated heterocycles. The number of aliphatic imine (C=N–C) groups is 1. The maximum Gasteiger partial charge on any atom is 0.252 e. The van der Waals surface area contributed by atoms with Crippen molar-refractivity contribution in [3.8, 4) is 0 Å². The molecular weight excluding hydrogens is 370 g/mol. The van der Waals surface area contributed by atoms with Gasteiger partial charge in [-0.05, 0) is 39.8 Å². The number of hydrogen-bond donors (Lipinski definition) is 2. The van der Waals surface area contributed by atoms with E-state index in [9.17, 15) is 8.42 Å². The molecule has 150 valence electrons. The fourth-order valence-corrected chi connectivity index (χ4v) is 5.04. The number of hydrogen-bond acceptors (Lipinski definition) is 5. The van der Waals surface area contributed by atoms with Crippen molar-refractivity contribution in [1.29, 1.82) is 0 Å². The summed E-state index contributed by atoms with van der Waals surface area (Å²) < 4.78 is 25.8. The van der Waals surface area contributed by atoms with Crippen LogP contribution in [0.4, 0.5) is 0 Å². The summed E-state index contributed by atoms with van der Waals surface area (Å²) in [7, 11) is 1.44. The van der Waals surface area contributed by atoms with Crippen LogP contribution < -0.4 is 10.6 Å². The molecule has 0 unspecified atom stereocenters. The topological polar surface area (TPSA) is 77.0 Å². The Bertz CT molecular complexity index is 673. The lowest BCUT2D eigenvalue weighted by atomic mass is 10.2. The van der Waals surface area contributed by atoms with E-state index in [1.807, 2.05) is 6.07 Å². The zero-order valence-electron chi connectivity index (χ0n) is 16.9. The van der Waals surface area contributed by atoms with Crippen LogP contribution in [0.2, 0.25) is 0 Å². The predicted molar refractivity (Wildman–Crippen MR) is 110 cm³/mol. The van der Waals surface area contributed by atoms with Crippen molar-refractivity contribution in [2.45, 2.75) is 50.5 Å².